The largest absolute Gasteiger partial charge is 0.504 e. The van der Waals surface area contributed by atoms with E-state index in [9.17, 15) is 9.90 Å². The summed E-state index contributed by atoms with van der Waals surface area (Å²) in [5.74, 6) is 1.85. The minimum atomic E-state index is -0.213. The van der Waals surface area contributed by atoms with Crippen LogP contribution in [0.5, 0.6) is 5.75 Å². The molecule has 0 spiro atoms. The van der Waals surface area contributed by atoms with Crippen molar-refractivity contribution in [3.05, 3.63) is 17.8 Å². The van der Waals surface area contributed by atoms with E-state index >= 15 is 0 Å². The molecule has 1 fully saturated rings. The molecule has 1 aromatic rings. The summed E-state index contributed by atoms with van der Waals surface area (Å²) in [6, 6.07) is 3.01. The van der Waals surface area contributed by atoms with E-state index in [0.717, 1.165) is 23.7 Å². The van der Waals surface area contributed by atoms with Crippen molar-refractivity contribution in [2.24, 2.45) is 0 Å². The van der Waals surface area contributed by atoms with Crippen LogP contribution in [0.15, 0.2) is 12.1 Å². The highest BCUT2D eigenvalue weighted by molar-refractivity contribution is 7.99. The van der Waals surface area contributed by atoms with Gasteiger partial charge in [0.25, 0.3) is 0 Å². The maximum Gasteiger partial charge on any atom is 0.243 e. The molecule has 1 aromatic heterocycles. The van der Waals surface area contributed by atoms with Gasteiger partial charge in [-0.05, 0) is 19.1 Å². The number of hydrogen-bond donors (Lipinski definition) is 3. The van der Waals surface area contributed by atoms with E-state index in [1.165, 1.54) is 6.07 Å². The molecule has 1 atom stereocenters. The Morgan fingerprint density at radius 2 is 2.47 bits per heavy atom. The maximum atomic E-state index is 11.9. The van der Waals surface area contributed by atoms with Gasteiger partial charge in [0.05, 0.1) is 6.04 Å². The topological polar surface area (TPSA) is 74.2 Å². The SMILES string of the molecule is Cc1ccc(O)c(NC(=O)C2CSCCN2)n1. The highest BCUT2D eigenvalue weighted by atomic mass is 32.2. The van der Waals surface area contributed by atoms with E-state index in [0.29, 0.717) is 0 Å². The number of rotatable bonds is 2. The van der Waals surface area contributed by atoms with Crippen LogP contribution >= 0.6 is 11.8 Å². The fourth-order valence-corrected chi connectivity index (χ4v) is 2.51. The Hall–Kier alpha value is -1.27. The molecule has 0 radical (unpaired) electrons. The number of nitrogens with one attached hydrogen (secondary N) is 2. The van der Waals surface area contributed by atoms with Crippen molar-refractivity contribution in [3.63, 3.8) is 0 Å². The third kappa shape index (κ3) is 3.10. The van der Waals surface area contributed by atoms with E-state index in [1.54, 1.807) is 17.8 Å². The minimum absolute atomic E-state index is 0.00703. The van der Waals surface area contributed by atoms with Crippen molar-refractivity contribution in [2.75, 3.05) is 23.4 Å². The molecule has 2 heterocycles. The Balaban J connectivity index is 2.04. The summed E-state index contributed by atoms with van der Waals surface area (Å²) in [6.07, 6.45) is 0. The monoisotopic (exact) mass is 253 g/mol. The van der Waals surface area contributed by atoms with Crippen LogP contribution in [0.25, 0.3) is 0 Å². The van der Waals surface area contributed by atoms with Gasteiger partial charge in [0, 0.05) is 23.7 Å². The van der Waals surface area contributed by atoms with E-state index in [2.05, 4.69) is 15.6 Å². The fraction of sp³-hybridized carbons (Fsp3) is 0.455. The summed E-state index contributed by atoms with van der Waals surface area (Å²) in [5.41, 5.74) is 0.754. The van der Waals surface area contributed by atoms with Gasteiger partial charge in [-0.1, -0.05) is 0 Å². The molecular formula is C11H15N3O2S. The molecule has 6 heteroatoms. The molecule has 5 nitrogen and oxygen atoms in total. The van der Waals surface area contributed by atoms with E-state index in [4.69, 9.17) is 0 Å². The van der Waals surface area contributed by atoms with Crippen molar-refractivity contribution in [1.29, 1.82) is 0 Å². The first-order valence-corrected chi connectivity index (χ1v) is 6.61. The van der Waals surface area contributed by atoms with Gasteiger partial charge in [-0.3, -0.25) is 4.79 Å². The zero-order valence-electron chi connectivity index (χ0n) is 9.56. The van der Waals surface area contributed by atoms with Gasteiger partial charge < -0.3 is 15.7 Å². The lowest BCUT2D eigenvalue weighted by molar-refractivity contribution is -0.117. The molecule has 0 aromatic carbocycles. The Labute approximate surface area is 104 Å². The second-order valence-electron chi connectivity index (χ2n) is 3.89. The van der Waals surface area contributed by atoms with Crippen LogP contribution in [-0.4, -0.2) is 40.1 Å². The van der Waals surface area contributed by atoms with Crippen molar-refractivity contribution < 1.29 is 9.90 Å². The highest BCUT2D eigenvalue weighted by Gasteiger charge is 2.21. The molecule has 17 heavy (non-hydrogen) atoms. The normalized spacial score (nSPS) is 19.9. The first-order chi connectivity index (χ1) is 8.16. The first-order valence-electron chi connectivity index (χ1n) is 5.45. The Bertz CT molecular complexity index is 419. The smallest absolute Gasteiger partial charge is 0.243 e. The lowest BCUT2D eigenvalue weighted by Crippen LogP contribution is -2.46. The van der Waals surface area contributed by atoms with Crippen LogP contribution in [0.4, 0.5) is 5.82 Å². The van der Waals surface area contributed by atoms with Gasteiger partial charge in [0.1, 0.15) is 0 Å². The molecule has 1 amide bonds. The molecule has 3 N–H and O–H groups in total. The molecule has 1 unspecified atom stereocenters. The third-order valence-corrected chi connectivity index (χ3v) is 3.55. The van der Waals surface area contributed by atoms with Gasteiger partial charge in [-0.15, -0.1) is 0 Å². The van der Waals surface area contributed by atoms with Crippen LogP contribution in [0.2, 0.25) is 0 Å². The first kappa shape index (κ1) is 12.2. The molecule has 0 saturated carbocycles. The van der Waals surface area contributed by atoms with Gasteiger partial charge >= 0.3 is 0 Å². The average molecular weight is 253 g/mol. The molecular weight excluding hydrogens is 238 g/mol. The summed E-state index contributed by atoms with van der Waals surface area (Å²) in [6.45, 7) is 2.64. The van der Waals surface area contributed by atoms with Crippen molar-refractivity contribution in [2.45, 2.75) is 13.0 Å². The van der Waals surface area contributed by atoms with Gasteiger partial charge in [-0.2, -0.15) is 11.8 Å². The minimum Gasteiger partial charge on any atom is -0.504 e. The van der Waals surface area contributed by atoms with Gasteiger partial charge in [-0.25, -0.2) is 4.98 Å². The predicted molar refractivity (Wildman–Crippen MR) is 68.4 cm³/mol. The van der Waals surface area contributed by atoms with Crippen LogP contribution < -0.4 is 10.6 Å². The lowest BCUT2D eigenvalue weighted by Gasteiger charge is -2.22. The lowest BCUT2D eigenvalue weighted by atomic mass is 10.3. The summed E-state index contributed by atoms with van der Waals surface area (Å²) < 4.78 is 0. The van der Waals surface area contributed by atoms with Crippen LogP contribution in [-0.2, 0) is 4.79 Å². The van der Waals surface area contributed by atoms with Crippen LogP contribution in [0.1, 0.15) is 5.69 Å². The van der Waals surface area contributed by atoms with Crippen LogP contribution in [0.3, 0.4) is 0 Å². The molecule has 92 valence electrons. The quantitative estimate of drug-likeness (QED) is 0.725. The Morgan fingerprint density at radius 1 is 1.65 bits per heavy atom. The number of thioether (sulfide) groups is 1. The number of nitrogens with zero attached hydrogens (tertiary/aromatic N) is 1. The predicted octanol–water partition coefficient (Wildman–Crippen LogP) is 0.739. The van der Waals surface area contributed by atoms with Crippen molar-refractivity contribution >= 4 is 23.5 Å². The van der Waals surface area contributed by atoms with Gasteiger partial charge in [0.15, 0.2) is 11.6 Å². The second kappa shape index (κ2) is 5.37. The number of aryl methyl sites for hydroxylation is 1. The van der Waals surface area contributed by atoms with Crippen molar-refractivity contribution in [1.82, 2.24) is 10.3 Å². The zero-order chi connectivity index (χ0) is 12.3. The Kier molecular flexibility index (Phi) is 3.86. The fourth-order valence-electron chi connectivity index (χ4n) is 1.58. The number of carbonyl (C=O) groups is 1. The number of aromatic hydroxyl groups is 1. The number of pyridine rings is 1. The van der Waals surface area contributed by atoms with E-state index in [-0.39, 0.29) is 23.5 Å². The number of anilines is 1. The maximum absolute atomic E-state index is 11.9. The van der Waals surface area contributed by atoms with Crippen molar-refractivity contribution in [3.8, 4) is 5.75 Å². The third-order valence-electron chi connectivity index (χ3n) is 2.49. The summed E-state index contributed by atoms with van der Waals surface area (Å²) in [5, 5.41) is 15.4. The molecule has 1 aliphatic rings. The number of carbonyl (C=O) groups excluding carboxylic acids is 1. The summed E-state index contributed by atoms with van der Waals surface area (Å²) >= 11 is 1.74. The average Bonchev–Trinajstić information content (AvgIpc) is 2.35. The van der Waals surface area contributed by atoms with E-state index < -0.39 is 0 Å². The van der Waals surface area contributed by atoms with E-state index in [1.807, 2.05) is 6.92 Å². The second-order valence-corrected chi connectivity index (χ2v) is 5.04. The number of aromatic nitrogens is 1. The number of amides is 1. The molecule has 0 bridgehead atoms. The Morgan fingerprint density at radius 3 is 3.18 bits per heavy atom. The number of hydrogen-bond acceptors (Lipinski definition) is 5. The summed E-state index contributed by atoms with van der Waals surface area (Å²) in [4.78, 5) is 16.0. The van der Waals surface area contributed by atoms with Crippen LogP contribution in [0, 0.1) is 6.92 Å². The molecule has 1 aliphatic heterocycles. The van der Waals surface area contributed by atoms with Gasteiger partial charge in [0.2, 0.25) is 5.91 Å². The molecule has 0 aliphatic carbocycles. The standard InChI is InChI=1S/C11H15N3O2S/c1-7-2-3-9(15)10(13-7)14-11(16)8-6-17-5-4-12-8/h2-3,8,12,15H,4-6H2,1H3,(H,13,14,16). The molecule has 1 saturated heterocycles. The zero-order valence-corrected chi connectivity index (χ0v) is 10.4. The molecule has 2 rings (SSSR count). The highest BCUT2D eigenvalue weighted by Crippen LogP contribution is 2.20. The summed E-state index contributed by atoms with van der Waals surface area (Å²) in [7, 11) is 0.